The zero-order valence-electron chi connectivity index (χ0n) is 13.0. The molecule has 0 spiro atoms. The summed E-state index contributed by atoms with van der Waals surface area (Å²) in [5, 5.41) is 13.5. The summed E-state index contributed by atoms with van der Waals surface area (Å²) in [5.74, 6) is 1.61. The average molecular weight is 424 g/mol. The van der Waals surface area contributed by atoms with Crippen LogP contribution in [0.1, 0.15) is 18.4 Å². The molecule has 3 N–H and O–H groups in total. The molecule has 0 unspecified atom stereocenters. The molecule has 122 valence electrons. The Hall–Kier alpha value is -1.90. The Morgan fingerprint density at radius 1 is 1.35 bits per heavy atom. The van der Waals surface area contributed by atoms with E-state index in [0.29, 0.717) is 12.6 Å². The standard InChI is InChI=1S/C16H20N6.HI/c1-17-16(21-14-7-2-3-8-14)18-10-12-5-4-6-13(9-12)15-19-11-20-22-15;/h2-6,9,11,14H,7-8,10H2,1H3,(H2,17,18,21)(H,19,20,22);1H. The van der Waals surface area contributed by atoms with Crippen molar-refractivity contribution in [3.8, 4) is 11.4 Å². The third-order valence-electron chi connectivity index (χ3n) is 3.65. The molecule has 0 saturated carbocycles. The first-order valence-electron chi connectivity index (χ1n) is 7.42. The van der Waals surface area contributed by atoms with Crippen LogP contribution in [0.2, 0.25) is 0 Å². The van der Waals surface area contributed by atoms with Gasteiger partial charge in [-0.25, -0.2) is 4.98 Å². The molecule has 7 heteroatoms. The molecule has 2 aromatic rings. The van der Waals surface area contributed by atoms with E-state index in [0.717, 1.165) is 30.2 Å². The zero-order chi connectivity index (χ0) is 15.2. The van der Waals surface area contributed by atoms with Crippen molar-refractivity contribution in [2.45, 2.75) is 25.4 Å². The molecule has 1 aromatic carbocycles. The molecular formula is C16H21IN6. The molecule has 0 bridgehead atoms. The summed E-state index contributed by atoms with van der Waals surface area (Å²) in [6, 6.07) is 8.66. The minimum Gasteiger partial charge on any atom is -0.353 e. The number of halogens is 1. The Morgan fingerprint density at radius 2 is 2.17 bits per heavy atom. The summed E-state index contributed by atoms with van der Waals surface area (Å²) in [6.45, 7) is 0.710. The van der Waals surface area contributed by atoms with Gasteiger partial charge in [-0.1, -0.05) is 30.4 Å². The maximum absolute atomic E-state index is 4.28. The molecule has 0 atom stereocenters. The van der Waals surface area contributed by atoms with Crippen LogP contribution in [-0.4, -0.2) is 34.2 Å². The van der Waals surface area contributed by atoms with Crippen molar-refractivity contribution in [3.05, 3.63) is 48.3 Å². The van der Waals surface area contributed by atoms with Crippen LogP contribution in [0.5, 0.6) is 0 Å². The highest BCUT2D eigenvalue weighted by Crippen LogP contribution is 2.15. The molecule has 0 aliphatic heterocycles. The topological polar surface area (TPSA) is 78.0 Å². The smallest absolute Gasteiger partial charge is 0.191 e. The molecule has 1 aromatic heterocycles. The largest absolute Gasteiger partial charge is 0.353 e. The molecule has 0 radical (unpaired) electrons. The van der Waals surface area contributed by atoms with Crippen LogP contribution in [0.25, 0.3) is 11.4 Å². The van der Waals surface area contributed by atoms with Crippen LogP contribution >= 0.6 is 24.0 Å². The lowest BCUT2D eigenvalue weighted by atomic mass is 10.1. The van der Waals surface area contributed by atoms with Crippen molar-refractivity contribution in [1.82, 2.24) is 25.8 Å². The van der Waals surface area contributed by atoms with E-state index in [4.69, 9.17) is 0 Å². The Balaban J connectivity index is 0.00000192. The third kappa shape index (κ3) is 4.78. The van der Waals surface area contributed by atoms with Gasteiger partial charge in [-0.2, -0.15) is 5.10 Å². The zero-order valence-corrected chi connectivity index (χ0v) is 15.3. The summed E-state index contributed by atoms with van der Waals surface area (Å²) in [4.78, 5) is 8.45. The van der Waals surface area contributed by atoms with Gasteiger partial charge in [0.2, 0.25) is 0 Å². The van der Waals surface area contributed by atoms with Crippen molar-refractivity contribution in [2.24, 2.45) is 4.99 Å². The second-order valence-corrected chi connectivity index (χ2v) is 5.24. The normalized spacial score (nSPS) is 14.6. The van der Waals surface area contributed by atoms with Crippen molar-refractivity contribution < 1.29 is 0 Å². The highest BCUT2D eigenvalue weighted by molar-refractivity contribution is 14.0. The summed E-state index contributed by atoms with van der Waals surface area (Å²) in [6.07, 6.45) is 8.03. The Morgan fingerprint density at radius 3 is 2.87 bits per heavy atom. The average Bonchev–Trinajstić information content (AvgIpc) is 3.25. The van der Waals surface area contributed by atoms with E-state index in [-0.39, 0.29) is 24.0 Å². The number of aromatic amines is 1. The van der Waals surface area contributed by atoms with Crippen LogP contribution in [0.4, 0.5) is 0 Å². The van der Waals surface area contributed by atoms with Gasteiger partial charge in [-0.05, 0) is 24.5 Å². The van der Waals surface area contributed by atoms with E-state index >= 15 is 0 Å². The van der Waals surface area contributed by atoms with Gasteiger partial charge < -0.3 is 10.6 Å². The number of nitrogens with zero attached hydrogens (tertiary/aromatic N) is 3. The predicted molar refractivity (Wildman–Crippen MR) is 103 cm³/mol. The van der Waals surface area contributed by atoms with Gasteiger partial charge in [0.25, 0.3) is 0 Å². The van der Waals surface area contributed by atoms with Gasteiger partial charge in [0.15, 0.2) is 11.8 Å². The number of hydrogen-bond donors (Lipinski definition) is 3. The molecular weight excluding hydrogens is 403 g/mol. The van der Waals surface area contributed by atoms with E-state index in [1.807, 2.05) is 12.1 Å². The molecule has 3 rings (SSSR count). The van der Waals surface area contributed by atoms with E-state index in [2.05, 4.69) is 55.1 Å². The Bertz CT molecular complexity index is 657. The molecule has 0 saturated heterocycles. The predicted octanol–water partition coefficient (Wildman–Crippen LogP) is 2.47. The number of benzene rings is 1. The summed E-state index contributed by atoms with van der Waals surface area (Å²) in [5.41, 5.74) is 2.20. The first-order valence-corrected chi connectivity index (χ1v) is 7.42. The van der Waals surface area contributed by atoms with Gasteiger partial charge in [0.1, 0.15) is 6.33 Å². The summed E-state index contributed by atoms with van der Waals surface area (Å²) in [7, 11) is 1.79. The van der Waals surface area contributed by atoms with Crippen LogP contribution < -0.4 is 10.6 Å². The van der Waals surface area contributed by atoms with Crippen molar-refractivity contribution >= 4 is 29.9 Å². The van der Waals surface area contributed by atoms with Gasteiger partial charge in [-0.3, -0.25) is 10.1 Å². The van der Waals surface area contributed by atoms with Crippen molar-refractivity contribution in [2.75, 3.05) is 7.05 Å². The second kappa shape index (κ2) is 8.66. The van der Waals surface area contributed by atoms with Crippen LogP contribution in [0, 0.1) is 0 Å². The first-order chi connectivity index (χ1) is 10.8. The van der Waals surface area contributed by atoms with E-state index in [9.17, 15) is 0 Å². The molecule has 6 nitrogen and oxygen atoms in total. The first kappa shape index (κ1) is 17.5. The number of H-pyrrole nitrogens is 1. The molecule has 1 aliphatic carbocycles. The van der Waals surface area contributed by atoms with Crippen LogP contribution in [-0.2, 0) is 6.54 Å². The fraction of sp³-hybridized carbons (Fsp3) is 0.312. The number of aromatic nitrogens is 3. The number of nitrogens with one attached hydrogen (secondary N) is 3. The van der Waals surface area contributed by atoms with Crippen LogP contribution in [0.15, 0.2) is 47.7 Å². The second-order valence-electron chi connectivity index (χ2n) is 5.24. The minimum absolute atomic E-state index is 0. The number of hydrogen-bond acceptors (Lipinski definition) is 3. The van der Waals surface area contributed by atoms with Crippen molar-refractivity contribution in [3.63, 3.8) is 0 Å². The molecule has 23 heavy (non-hydrogen) atoms. The summed E-state index contributed by atoms with van der Waals surface area (Å²) >= 11 is 0. The fourth-order valence-corrected chi connectivity index (χ4v) is 2.48. The molecule has 0 amide bonds. The fourth-order valence-electron chi connectivity index (χ4n) is 2.48. The van der Waals surface area contributed by atoms with Gasteiger partial charge in [0.05, 0.1) is 0 Å². The molecule has 1 heterocycles. The van der Waals surface area contributed by atoms with Crippen molar-refractivity contribution in [1.29, 1.82) is 0 Å². The van der Waals surface area contributed by atoms with E-state index in [1.165, 1.54) is 11.9 Å². The quantitative estimate of drug-likeness (QED) is 0.305. The van der Waals surface area contributed by atoms with E-state index < -0.39 is 0 Å². The Labute approximate surface area is 152 Å². The van der Waals surface area contributed by atoms with E-state index in [1.54, 1.807) is 7.05 Å². The third-order valence-corrected chi connectivity index (χ3v) is 3.65. The highest BCUT2D eigenvalue weighted by Gasteiger charge is 2.11. The number of rotatable bonds is 4. The Kier molecular flexibility index (Phi) is 6.57. The van der Waals surface area contributed by atoms with Gasteiger partial charge in [0, 0.05) is 25.2 Å². The molecule has 0 fully saturated rings. The SMILES string of the molecule is CN=C(NCc1cccc(-c2ncn[nH]2)c1)NC1CC=CC1.I. The maximum atomic E-state index is 4.28. The summed E-state index contributed by atoms with van der Waals surface area (Å²) < 4.78 is 0. The van der Waals surface area contributed by atoms with Crippen LogP contribution in [0.3, 0.4) is 0 Å². The number of guanidine groups is 1. The van der Waals surface area contributed by atoms with Gasteiger partial charge in [-0.15, -0.1) is 24.0 Å². The molecule has 1 aliphatic rings. The number of aliphatic imine (C=N–C) groups is 1. The monoisotopic (exact) mass is 424 g/mol. The van der Waals surface area contributed by atoms with Gasteiger partial charge >= 0.3 is 0 Å². The lowest BCUT2D eigenvalue weighted by Gasteiger charge is -2.17. The lowest BCUT2D eigenvalue weighted by Crippen LogP contribution is -2.42. The lowest BCUT2D eigenvalue weighted by molar-refractivity contribution is 0.633. The minimum atomic E-state index is 0. The highest BCUT2D eigenvalue weighted by atomic mass is 127. The maximum Gasteiger partial charge on any atom is 0.191 e.